The number of nitrogen functional groups attached to an aromatic ring is 1. The summed E-state index contributed by atoms with van der Waals surface area (Å²) >= 11 is 0. The summed E-state index contributed by atoms with van der Waals surface area (Å²) in [5, 5.41) is 1.31. The van der Waals surface area contributed by atoms with Crippen molar-refractivity contribution in [2.45, 2.75) is 13.3 Å². The number of rotatable bonds is 4. The summed E-state index contributed by atoms with van der Waals surface area (Å²) in [6, 6.07) is 8.52. The molecule has 23 heavy (non-hydrogen) atoms. The molecule has 0 unspecified atom stereocenters. The molecule has 5 nitrogen and oxygen atoms in total. The van der Waals surface area contributed by atoms with Crippen LogP contribution >= 0.6 is 0 Å². The fraction of sp³-hybridized carbons (Fsp3) is 0.200. The van der Waals surface area contributed by atoms with Gasteiger partial charge in [0.05, 0.1) is 5.69 Å². The fourth-order valence-electron chi connectivity index (χ4n) is 2.06. The maximum atomic E-state index is 12.1. The molecule has 0 aromatic heterocycles. The van der Waals surface area contributed by atoms with E-state index >= 15 is 0 Å². The highest BCUT2D eigenvalue weighted by Crippen LogP contribution is 2.37. The van der Waals surface area contributed by atoms with E-state index in [-0.39, 0.29) is 5.75 Å². The molecule has 0 atom stereocenters. The van der Waals surface area contributed by atoms with Crippen molar-refractivity contribution >= 4 is 11.4 Å². The standard InChI is InChI=1S/C15H16F3N3O2/c1-9-7-12(19)14(21(2)20)13(8-9)22-10-3-5-11(6-4-10)23-15(16,17)18/h3-8H,19-20H2,1-2H3. The highest BCUT2D eigenvalue weighted by Gasteiger charge is 2.31. The Labute approximate surface area is 131 Å². The second-order valence-corrected chi connectivity index (χ2v) is 4.93. The number of halogens is 3. The number of alkyl halides is 3. The highest BCUT2D eigenvalue weighted by molar-refractivity contribution is 5.75. The lowest BCUT2D eigenvalue weighted by molar-refractivity contribution is -0.274. The van der Waals surface area contributed by atoms with Gasteiger partial charge in [0.2, 0.25) is 0 Å². The summed E-state index contributed by atoms with van der Waals surface area (Å²) in [6.07, 6.45) is -4.73. The summed E-state index contributed by atoms with van der Waals surface area (Å²) in [5.41, 5.74) is 7.70. The molecule has 0 bridgehead atoms. The minimum Gasteiger partial charge on any atom is -0.455 e. The van der Waals surface area contributed by atoms with Gasteiger partial charge in [-0.1, -0.05) is 0 Å². The molecule has 0 saturated heterocycles. The molecule has 0 heterocycles. The molecule has 0 aliphatic heterocycles. The third kappa shape index (κ3) is 4.43. The molecule has 0 aliphatic rings. The Morgan fingerprint density at radius 3 is 2.13 bits per heavy atom. The number of hydrogen-bond donors (Lipinski definition) is 2. The number of anilines is 2. The largest absolute Gasteiger partial charge is 0.573 e. The van der Waals surface area contributed by atoms with Crippen LogP contribution < -0.4 is 26.1 Å². The summed E-state index contributed by atoms with van der Waals surface area (Å²) in [5.74, 6) is 6.14. The number of nitrogens with zero attached hydrogens (tertiary/aromatic N) is 1. The molecule has 0 spiro atoms. The van der Waals surface area contributed by atoms with Gasteiger partial charge in [0.15, 0.2) is 5.75 Å². The lowest BCUT2D eigenvalue weighted by Crippen LogP contribution is -2.26. The number of hydrogen-bond acceptors (Lipinski definition) is 5. The molecular weight excluding hydrogens is 311 g/mol. The van der Waals surface area contributed by atoms with Crippen molar-refractivity contribution in [3.05, 3.63) is 42.0 Å². The van der Waals surface area contributed by atoms with Gasteiger partial charge in [-0.25, -0.2) is 5.84 Å². The van der Waals surface area contributed by atoms with E-state index in [9.17, 15) is 13.2 Å². The zero-order valence-electron chi connectivity index (χ0n) is 12.5. The maximum Gasteiger partial charge on any atom is 0.573 e. The first-order valence-electron chi connectivity index (χ1n) is 6.58. The Morgan fingerprint density at radius 1 is 1.04 bits per heavy atom. The predicted octanol–water partition coefficient (Wildman–Crippen LogP) is 3.58. The summed E-state index contributed by atoms with van der Waals surface area (Å²) in [7, 11) is 1.61. The van der Waals surface area contributed by atoms with Gasteiger partial charge in [0.25, 0.3) is 0 Å². The third-order valence-corrected chi connectivity index (χ3v) is 2.89. The summed E-state index contributed by atoms with van der Waals surface area (Å²) in [6.45, 7) is 1.84. The van der Waals surface area contributed by atoms with Crippen molar-refractivity contribution in [3.8, 4) is 17.2 Å². The van der Waals surface area contributed by atoms with Crippen LogP contribution in [0.4, 0.5) is 24.5 Å². The van der Waals surface area contributed by atoms with Gasteiger partial charge in [-0.3, -0.25) is 0 Å². The van der Waals surface area contributed by atoms with Gasteiger partial charge in [-0.05, 0) is 48.9 Å². The average molecular weight is 327 g/mol. The Bertz CT molecular complexity index is 686. The zero-order chi connectivity index (χ0) is 17.2. The van der Waals surface area contributed by atoms with Crippen molar-refractivity contribution in [2.24, 2.45) is 5.84 Å². The Kier molecular flexibility index (Phi) is 4.55. The van der Waals surface area contributed by atoms with Crippen LogP contribution in [0.25, 0.3) is 0 Å². The number of hydrazine groups is 1. The quantitative estimate of drug-likeness (QED) is 0.510. The molecule has 4 N–H and O–H groups in total. The smallest absolute Gasteiger partial charge is 0.455 e. The van der Waals surface area contributed by atoms with Gasteiger partial charge >= 0.3 is 6.36 Å². The molecule has 2 aromatic carbocycles. The van der Waals surface area contributed by atoms with Crippen molar-refractivity contribution in [1.82, 2.24) is 0 Å². The first-order chi connectivity index (χ1) is 10.7. The zero-order valence-corrected chi connectivity index (χ0v) is 12.5. The SMILES string of the molecule is Cc1cc(N)c(N(C)N)c(Oc2ccc(OC(F)(F)F)cc2)c1. The maximum absolute atomic E-state index is 12.1. The Morgan fingerprint density at radius 2 is 1.61 bits per heavy atom. The summed E-state index contributed by atoms with van der Waals surface area (Å²) in [4.78, 5) is 0. The second kappa shape index (κ2) is 6.25. The second-order valence-electron chi connectivity index (χ2n) is 4.93. The molecule has 2 rings (SSSR count). The van der Waals surface area contributed by atoms with Crippen LogP contribution in [-0.4, -0.2) is 13.4 Å². The number of benzene rings is 2. The van der Waals surface area contributed by atoms with E-state index in [4.69, 9.17) is 16.3 Å². The van der Waals surface area contributed by atoms with Crippen LogP contribution in [0.5, 0.6) is 17.2 Å². The van der Waals surface area contributed by atoms with Crippen LogP contribution in [0, 0.1) is 6.92 Å². The van der Waals surface area contributed by atoms with Gasteiger partial charge in [0, 0.05) is 7.05 Å². The van der Waals surface area contributed by atoms with Gasteiger partial charge in [0.1, 0.15) is 17.2 Å². The Hall–Kier alpha value is -2.61. The lowest BCUT2D eigenvalue weighted by atomic mass is 10.1. The van der Waals surface area contributed by atoms with Crippen LogP contribution in [-0.2, 0) is 0 Å². The molecule has 8 heteroatoms. The van der Waals surface area contributed by atoms with E-state index in [0.29, 0.717) is 22.9 Å². The average Bonchev–Trinajstić information content (AvgIpc) is 2.38. The minimum atomic E-state index is -4.73. The number of ether oxygens (including phenoxy) is 2. The topological polar surface area (TPSA) is 73.7 Å². The van der Waals surface area contributed by atoms with Crippen molar-refractivity contribution in [2.75, 3.05) is 17.8 Å². The first kappa shape index (κ1) is 16.8. The Balaban J connectivity index is 2.26. The van der Waals surface area contributed by atoms with E-state index in [1.165, 1.54) is 17.1 Å². The lowest BCUT2D eigenvalue weighted by Gasteiger charge is -2.20. The molecule has 0 amide bonds. The van der Waals surface area contributed by atoms with E-state index in [0.717, 1.165) is 17.7 Å². The van der Waals surface area contributed by atoms with Crippen LogP contribution in [0.15, 0.2) is 36.4 Å². The third-order valence-electron chi connectivity index (χ3n) is 2.89. The van der Waals surface area contributed by atoms with E-state index in [2.05, 4.69) is 4.74 Å². The van der Waals surface area contributed by atoms with Gasteiger partial charge in [-0.2, -0.15) is 0 Å². The van der Waals surface area contributed by atoms with Crippen LogP contribution in [0.1, 0.15) is 5.56 Å². The van der Waals surface area contributed by atoms with Crippen molar-refractivity contribution in [3.63, 3.8) is 0 Å². The van der Waals surface area contributed by atoms with E-state index in [1.54, 1.807) is 19.2 Å². The first-order valence-corrected chi connectivity index (χ1v) is 6.58. The van der Waals surface area contributed by atoms with Crippen LogP contribution in [0.3, 0.4) is 0 Å². The molecule has 0 saturated carbocycles. The number of nitrogens with two attached hydrogens (primary N) is 2. The highest BCUT2D eigenvalue weighted by atomic mass is 19.4. The molecule has 124 valence electrons. The monoisotopic (exact) mass is 327 g/mol. The minimum absolute atomic E-state index is 0.327. The van der Waals surface area contributed by atoms with Crippen LogP contribution in [0.2, 0.25) is 0 Å². The molecule has 0 radical (unpaired) electrons. The molecule has 0 aliphatic carbocycles. The van der Waals surface area contributed by atoms with Crippen molar-refractivity contribution in [1.29, 1.82) is 0 Å². The van der Waals surface area contributed by atoms with Crippen molar-refractivity contribution < 1.29 is 22.6 Å². The normalized spacial score (nSPS) is 11.2. The molecule has 0 fully saturated rings. The fourth-order valence-corrected chi connectivity index (χ4v) is 2.06. The molecular formula is C15H16F3N3O2. The van der Waals surface area contributed by atoms with E-state index in [1.807, 2.05) is 6.92 Å². The summed E-state index contributed by atoms with van der Waals surface area (Å²) < 4.78 is 45.9. The van der Waals surface area contributed by atoms with Gasteiger partial charge < -0.3 is 20.2 Å². The molecule has 2 aromatic rings. The van der Waals surface area contributed by atoms with Gasteiger partial charge in [-0.15, -0.1) is 13.2 Å². The number of aryl methyl sites for hydroxylation is 1. The predicted molar refractivity (Wildman–Crippen MR) is 81.4 cm³/mol. The van der Waals surface area contributed by atoms with E-state index < -0.39 is 6.36 Å².